The van der Waals surface area contributed by atoms with Crippen LogP contribution in [0.2, 0.25) is 0 Å². The highest BCUT2D eigenvalue weighted by molar-refractivity contribution is 5.81. The lowest BCUT2D eigenvalue weighted by atomic mass is 9.92. The van der Waals surface area contributed by atoms with Gasteiger partial charge in [0.25, 0.3) is 0 Å². The minimum absolute atomic E-state index is 0.0157. The summed E-state index contributed by atoms with van der Waals surface area (Å²) >= 11 is 0. The van der Waals surface area contributed by atoms with Crippen molar-refractivity contribution in [2.24, 2.45) is 22.4 Å². The highest BCUT2D eigenvalue weighted by Gasteiger charge is 2.07. The lowest BCUT2D eigenvalue weighted by molar-refractivity contribution is -0.131. The van der Waals surface area contributed by atoms with Crippen LogP contribution in [-0.2, 0) is 4.79 Å². The van der Waals surface area contributed by atoms with Gasteiger partial charge in [-0.15, -0.1) is 0 Å². The Morgan fingerprint density at radius 2 is 1.70 bits per heavy atom. The van der Waals surface area contributed by atoms with Crippen LogP contribution in [0, 0.1) is 5.92 Å². The maximum atomic E-state index is 11.1. The number of rotatable bonds is 16. The van der Waals surface area contributed by atoms with E-state index in [1.165, 1.54) is 56.6 Å². The molecule has 0 aliphatic carbocycles. The van der Waals surface area contributed by atoms with Crippen molar-refractivity contribution >= 4 is 18.0 Å². The second kappa shape index (κ2) is 16.3. The van der Waals surface area contributed by atoms with Crippen LogP contribution in [0.3, 0.4) is 0 Å². The molecule has 30 heavy (non-hydrogen) atoms. The molecule has 5 heteroatoms. The van der Waals surface area contributed by atoms with Gasteiger partial charge in [-0.1, -0.05) is 87.9 Å². The molecule has 0 saturated carbocycles. The Bertz CT molecular complexity index is 677. The first-order valence-electron chi connectivity index (χ1n) is 11.2. The van der Waals surface area contributed by atoms with E-state index in [0.29, 0.717) is 12.3 Å². The number of carboxylic acid groups (broad SMARTS) is 1. The van der Waals surface area contributed by atoms with Crippen LogP contribution in [0.1, 0.15) is 76.7 Å². The normalized spacial score (nSPS) is 12.8. The summed E-state index contributed by atoms with van der Waals surface area (Å²) in [7, 11) is 0. The molecule has 0 radical (unpaired) electrons. The molecule has 1 rings (SSSR count). The Morgan fingerprint density at radius 1 is 1.03 bits per heavy atom. The molecule has 0 fully saturated rings. The summed E-state index contributed by atoms with van der Waals surface area (Å²) in [5.41, 5.74) is 12.7. The number of nitrogens with zero attached hydrogens (tertiary/aromatic N) is 1. The lowest BCUT2D eigenvalue weighted by Crippen LogP contribution is -2.23. The van der Waals surface area contributed by atoms with E-state index in [4.69, 9.17) is 16.6 Å². The van der Waals surface area contributed by atoms with E-state index in [2.05, 4.69) is 48.3 Å². The van der Waals surface area contributed by atoms with Crippen LogP contribution in [0.4, 0.5) is 0 Å². The molecule has 0 spiro atoms. The van der Waals surface area contributed by atoms with Crippen molar-refractivity contribution < 1.29 is 9.90 Å². The summed E-state index contributed by atoms with van der Waals surface area (Å²) in [6.45, 7) is 2.49. The molecule has 0 heterocycles. The predicted molar refractivity (Wildman–Crippen MR) is 127 cm³/mol. The van der Waals surface area contributed by atoms with Crippen molar-refractivity contribution in [3.8, 4) is 0 Å². The molecule has 5 N–H and O–H groups in total. The SMILES string of the molecule is CCCCCCCCC(C=Cc1ccccc1)CCCC(=CC(=O)O)CN=C(N)N. The molecular formula is C25H39N3O2. The van der Waals surface area contributed by atoms with Gasteiger partial charge < -0.3 is 16.6 Å². The van der Waals surface area contributed by atoms with Crippen molar-refractivity contribution in [1.29, 1.82) is 0 Å². The molecule has 1 unspecified atom stereocenters. The van der Waals surface area contributed by atoms with Crippen LogP contribution in [-0.4, -0.2) is 23.6 Å². The highest BCUT2D eigenvalue weighted by Crippen LogP contribution is 2.22. The second-order valence-corrected chi connectivity index (χ2v) is 7.86. The zero-order valence-corrected chi connectivity index (χ0v) is 18.4. The van der Waals surface area contributed by atoms with Crippen LogP contribution in [0.5, 0.6) is 0 Å². The average molecular weight is 414 g/mol. The van der Waals surface area contributed by atoms with E-state index in [1.807, 2.05) is 6.07 Å². The molecule has 1 aromatic carbocycles. The van der Waals surface area contributed by atoms with Gasteiger partial charge in [-0.05, 0) is 42.7 Å². The van der Waals surface area contributed by atoms with Gasteiger partial charge in [-0.3, -0.25) is 0 Å². The zero-order valence-electron chi connectivity index (χ0n) is 18.4. The first-order valence-corrected chi connectivity index (χ1v) is 11.2. The minimum atomic E-state index is -0.955. The van der Waals surface area contributed by atoms with Crippen molar-refractivity contribution in [1.82, 2.24) is 0 Å². The fourth-order valence-electron chi connectivity index (χ4n) is 3.49. The first-order chi connectivity index (χ1) is 14.5. The summed E-state index contributed by atoms with van der Waals surface area (Å²) in [6.07, 6.45) is 17.3. The number of benzene rings is 1. The van der Waals surface area contributed by atoms with Crippen molar-refractivity contribution in [2.45, 2.75) is 71.1 Å². The smallest absolute Gasteiger partial charge is 0.328 e. The largest absolute Gasteiger partial charge is 0.478 e. The molecule has 1 aromatic rings. The van der Waals surface area contributed by atoms with E-state index in [-0.39, 0.29) is 12.5 Å². The number of aliphatic carboxylic acids is 1. The highest BCUT2D eigenvalue weighted by atomic mass is 16.4. The van der Waals surface area contributed by atoms with Crippen LogP contribution < -0.4 is 11.5 Å². The monoisotopic (exact) mass is 413 g/mol. The molecule has 0 amide bonds. The topological polar surface area (TPSA) is 102 Å². The van der Waals surface area contributed by atoms with Gasteiger partial charge in [0.2, 0.25) is 0 Å². The molecular weight excluding hydrogens is 374 g/mol. The quantitative estimate of drug-likeness (QED) is 0.144. The summed E-state index contributed by atoms with van der Waals surface area (Å²) < 4.78 is 0. The maximum Gasteiger partial charge on any atom is 0.328 e. The standard InChI is InChI=1S/C25H39N3O2/c1-2-3-4-5-6-8-12-22(18-17-21-13-9-7-10-14-21)15-11-16-23(19-24(29)30)20-28-25(26)27/h7,9-10,13-14,17-19,22H,2-6,8,11-12,15-16,20H2,1H3,(H,29,30)(H4,26,27,28). The van der Waals surface area contributed by atoms with Crippen LogP contribution in [0.25, 0.3) is 6.08 Å². The minimum Gasteiger partial charge on any atom is -0.478 e. The number of hydrogen-bond donors (Lipinski definition) is 3. The molecule has 0 bridgehead atoms. The third-order valence-electron chi connectivity index (χ3n) is 5.15. The Labute approximate surface area is 182 Å². The third kappa shape index (κ3) is 13.6. The van der Waals surface area contributed by atoms with Gasteiger partial charge in [0.15, 0.2) is 5.96 Å². The van der Waals surface area contributed by atoms with E-state index in [9.17, 15) is 4.79 Å². The number of carboxylic acids is 1. The van der Waals surface area contributed by atoms with Crippen LogP contribution >= 0.6 is 0 Å². The predicted octanol–water partition coefficient (Wildman–Crippen LogP) is 5.52. The number of carbonyl (C=O) groups is 1. The van der Waals surface area contributed by atoms with E-state index < -0.39 is 5.97 Å². The van der Waals surface area contributed by atoms with E-state index in [0.717, 1.165) is 18.4 Å². The number of allylic oxidation sites excluding steroid dienone is 1. The number of unbranched alkanes of at least 4 members (excludes halogenated alkanes) is 5. The van der Waals surface area contributed by atoms with Gasteiger partial charge in [0.05, 0.1) is 6.54 Å². The molecule has 5 nitrogen and oxygen atoms in total. The molecule has 0 aliphatic heterocycles. The van der Waals surface area contributed by atoms with Crippen molar-refractivity contribution in [2.75, 3.05) is 6.54 Å². The van der Waals surface area contributed by atoms with E-state index >= 15 is 0 Å². The number of hydrogen-bond acceptors (Lipinski definition) is 2. The van der Waals surface area contributed by atoms with Gasteiger partial charge in [0.1, 0.15) is 0 Å². The van der Waals surface area contributed by atoms with Crippen molar-refractivity contribution in [3.05, 3.63) is 53.6 Å². The number of aliphatic imine (C=N–C) groups is 1. The van der Waals surface area contributed by atoms with Crippen molar-refractivity contribution in [3.63, 3.8) is 0 Å². The maximum absolute atomic E-state index is 11.1. The van der Waals surface area contributed by atoms with Gasteiger partial charge in [-0.25, -0.2) is 9.79 Å². The average Bonchev–Trinajstić information content (AvgIpc) is 2.72. The fourth-order valence-corrected chi connectivity index (χ4v) is 3.49. The Hall–Kier alpha value is -2.56. The summed E-state index contributed by atoms with van der Waals surface area (Å²) in [5, 5.41) is 9.07. The first kappa shape index (κ1) is 25.5. The number of guanidine groups is 1. The fraction of sp³-hybridized carbons (Fsp3) is 0.520. The lowest BCUT2D eigenvalue weighted by Gasteiger charge is -2.14. The van der Waals surface area contributed by atoms with E-state index in [1.54, 1.807) is 0 Å². The summed E-state index contributed by atoms with van der Waals surface area (Å²) in [4.78, 5) is 15.0. The van der Waals surface area contributed by atoms with Gasteiger partial charge >= 0.3 is 5.97 Å². The second-order valence-electron chi connectivity index (χ2n) is 7.86. The molecule has 0 saturated heterocycles. The molecule has 0 aliphatic rings. The molecule has 1 atom stereocenters. The summed E-state index contributed by atoms with van der Waals surface area (Å²) in [6, 6.07) is 10.4. The molecule has 166 valence electrons. The Kier molecular flexibility index (Phi) is 13.8. The Balaban J connectivity index is 2.60. The number of nitrogens with two attached hydrogens (primary N) is 2. The molecule has 0 aromatic heterocycles. The van der Waals surface area contributed by atoms with Gasteiger partial charge in [-0.2, -0.15) is 0 Å². The Morgan fingerprint density at radius 3 is 2.37 bits per heavy atom. The zero-order chi connectivity index (χ0) is 22.0. The van der Waals surface area contributed by atoms with Gasteiger partial charge in [0, 0.05) is 6.08 Å². The summed E-state index contributed by atoms with van der Waals surface area (Å²) in [5.74, 6) is -0.480. The third-order valence-corrected chi connectivity index (χ3v) is 5.15. The van der Waals surface area contributed by atoms with Crippen LogP contribution in [0.15, 0.2) is 53.0 Å².